The summed E-state index contributed by atoms with van der Waals surface area (Å²) in [5.41, 5.74) is 0.0242. The lowest BCUT2D eigenvalue weighted by molar-refractivity contribution is 0.0201. The van der Waals surface area contributed by atoms with Gasteiger partial charge < -0.3 is 15.0 Å². The van der Waals surface area contributed by atoms with E-state index in [1.54, 1.807) is 14.2 Å². The van der Waals surface area contributed by atoms with Gasteiger partial charge in [-0.2, -0.15) is 0 Å². The number of sulfone groups is 1. The number of aliphatic imine (C=N–C) groups is 1. The van der Waals surface area contributed by atoms with Crippen molar-refractivity contribution in [3.05, 3.63) is 0 Å². The molecule has 0 aromatic rings. The Morgan fingerprint density at radius 2 is 1.92 bits per heavy atom. The first-order chi connectivity index (χ1) is 11.6. The molecule has 1 aliphatic heterocycles. The van der Waals surface area contributed by atoms with E-state index in [0.717, 1.165) is 38.1 Å². The summed E-state index contributed by atoms with van der Waals surface area (Å²) in [5, 5.41) is 3.40. The van der Waals surface area contributed by atoms with Crippen LogP contribution in [-0.2, 0) is 14.6 Å². The van der Waals surface area contributed by atoms with Crippen LogP contribution in [0.2, 0.25) is 0 Å². The number of hydrogen-bond acceptors (Lipinski definition) is 4. The average molecular weight is 374 g/mol. The quantitative estimate of drug-likeness (QED) is 0.606. The van der Waals surface area contributed by atoms with E-state index in [9.17, 15) is 8.42 Å². The molecule has 0 aromatic heterocycles. The number of ether oxygens (including phenoxy) is 1. The van der Waals surface area contributed by atoms with Crippen molar-refractivity contribution in [2.24, 2.45) is 10.4 Å². The second-order valence-electron chi connectivity index (χ2n) is 8.50. The third kappa shape index (κ3) is 4.48. The highest BCUT2D eigenvalue weighted by Crippen LogP contribution is 2.38. The van der Waals surface area contributed by atoms with Crippen molar-refractivity contribution < 1.29 is 13.2 Å². The topological polar surface area (TPSA) is 71.0 Å². The van der Waals surface area contributed by atoms with Crippen molar-refractivity contribution >= 4 is 15.8 Å². The molecule has 6 nitrogen and oxygen atoms in total. The Labute approximate surface area is 153 Å². The van der Waals surface area contributed by atoms with Crippen molar-refractivity contribution in [3.8, 4) is 0 Å². The minimum atomic E-state index is -3.03. The molecular weight excluding hydrogens is 338 g/mol. The van der Waals surface area contributed by atoms with E-state index in [4.69, 9.17) is 4.74 Å². The van der Waals surface area contributed by atoms with Crippen molar-refractivity contribution in [1.29, 1.82) is 0 Å². The zero-order valence-electron chi connectivity index (χ0n) is 16.5. The van der Waals surface area contributed by atoms with Gasteiger partial charge >= 0.3 is 0 Å². The molecule has 1 N–H and O–H groups in total. The van der Waals surface area contributed by atoms with Gasteiger partial charge in [0.2, 0.25) is 0 Å². The first-order valence-corrected chi connectivity index (χ1v) is 11.0. The smallest absolute Gasteiger partial charge is 0.193 e. The van der Waals surface area contributed by atoms with Crippen molar-refractivity contribution in [3.63, 3.8) is 0 Å². The van der Waals surface area contributed by atoms with E-state index in [1.165, 1.54) is 0 Å². The number of methoxy groups -OCH3 is 1. The molecule has 1 atom stereocenters. The van der Waals surface area contributed by atoms with Crippen molar-refractivity contribution in [1.82, 2.24) is 10.2 Å². The van der Waals surface area contributed by atoms with Gasteiger partial charge in [-0.1, -0.05) is 40.0 Å². The lowest BCUT2D eigenvalue weighted by Gasteiger charge is -2.45. The monoisotopic (exact) mass is 373 g/mol. The lowest BCUT2D eigenvalue weighted by atomic mass is 9.87. The maximum absolute atomic E-state index is 12.8. The molecule has 1 spiro atoms. The van der Waals surface area contributed by atoms with E-state index in [-0.39, 0.29) is 17.3 Å². The molecule has 2 rings (SSSR count). The summed E-state index contributed by atoms with van der Waals surface area (Å²) >= 11 is 0. The van der Waals surface area contributed by atoms with Crippen LogP contribution < -0.4 is 5.32 Å². The number of nitrogens with zero attached hydrogens (tertiary/aromatic N) is 2. The molecule has 1 saturated carbocycles. The highest BCUT2D eigenvalue weighted by atomic mass is 32.2. The van der Waals surface area contributed by atoms with E-state index >= 15 is 0 Å². The molecule has 0 bridgehead atoms. The Morgan fingerprint density at radius 3 is 2.44 bits per heavy atom. The third-order valence-electron chi connectivity index (χ3n) is 5.74. The highest BCUT2D eigenvalue weighted by Gasteiger charge is 2.48. The maximum Gasteiger partial charge on any atom is 0.193 e. The van der Waals surface area contributed by atoms with E-state index in [0.29, 0.717) is 19.6 Å². The molecule has 1 heterocycles. The van der Waals surface area contributed by atoms with E-state index in [1.807, 2.05) is 0 Å². The van der Waals surface area contributed by atoms with E-state index < -0.39 is 14.6 Å². The van der Waals surface area contributed by atoms with Crippen molar-refractivity contribution in [2.45, 2.75) is 63.7 Å². The second-order valence-corrected chi connectivity index (χ2v) is 11.0. The fraction of sp³-hybridized carbons (Fsp3) is 0.944. The van der Waals surface area contributed by atoms with Gasteiger partial charge in [-0.25, -0.2) is 8.42 Å². The van der Waals surface area contributed by atoms with Crippen LogP contribution in [0.5, 0.6) is 0 Å². The standard InChI is InChI=1S/C18H35N3O3S/c1-17(2,3)15(24-5)13-20-16(19-4)21-11-12-25(22,23)18(14-21)9-7-6-8-10-18/h15H,6-14H2,1-5H3,(H,19,20). The van der Waals surface area contributed by atoms with Crippen LogP contribution in [0, 0.1) is 5.41 Å². The number of guanidine groups is 1. The summed E-state index contributed by atoms with van der Waals surface area (Å²) in [6, 6.07) is 0. The Kier molecular flexibility index (Phi) is 6.41. The summed E-state index contributed by atoms with van der Waals surface area (Å²) < 4.78 is 30.5. The number of hydrogen-bond donors (Lipinski definition) is 1. The second kappa shape index (κ2) is 7.82. The Morgan fingerprint density at radius 1 is 1.28 bits per heavy atom. The first-order valence-electron chi connectivity index (χ1n) is 9.36. The van der Waals surface area contributed by atoms with Crippen molar-refractivity contribution in [2.75, 3.05) is 39.5 Å². The van der Waals surface area contributed by atoms with Crippen LogP contribution in [0.15, 0.2) is 4.99 Å². The fourth-order valence-electron chi connectivity index (χ4n) is 4.08. The van der Waals surface area contributed by atoms with Crippen LogP contribution in [0.3, 0.4) is 0 Å². The van der Waals surface area contributed by atoms with Gasteiger partial charge in [0.25, 0.3) is 0 Å². The molecular formula is C18H35N3O3S. The number of rotatable bonds is 3. The van der Waals surface area contributed by atoms with Gasteiger partial charge in [-0.05, 0) is 18.3 Å². The van der Waals surface area contributed by atoms with Crippen LogP contribution in [0.25, 0.3) is 0 Å². The highest BCUT2D eigenvalue weighted by molar-refractivity contribution is 7.92. The molecule has 1 unspecified atom stereocenters. The molecule has 1 saturated heterocycles. The van der Waals surface area contributed by atoms with Gasteiger partial charge in [0.1, 0.15) is 0 Å². The minimum absolute atomic E-state index is 0.0242. The van der Waals surface area contributed by atoms with Gasteiger partial charge in [-0.15, -0.1) is 0 Å². The largest absolute Gasteiger partial charge is 0.379 e. The Bertz CT molecular complexity index is 575. The fourth-order valence-corrected chi connectivity index (χ4v) is 6.23. The van der Waals surface area contributed by atoms with Crippen LogP contribution in [-0.4, -0.2) is 69.7 Å². The van der Waals surface area contributed by atoms with Gasteiger partial charge in [0, 0.05) is 33.8 Å². The van der Waals surface area contributed by atoms with Gasteiger partial charge in [0.05, 0.1) is 16.6 Å². The minimum Gasteiger partial charge on any atom is -0.379 e. The summed E-state index contributed by atoms with van der Waals surface area (Å²) in [6.07, 6.45) is 4.79. The zero-order chi connectivity index (χ0) is 18.7. The average Bonchev–Trinajstić information content (AvgIpc) is 2.54. The molecule has 2 fully saturated rings. The summed E-state index contributed by atoms with van der Waals surface area (Å²) in [4.78, 5) is 6.53. The van der Waals surface area contributed by atoms with Crippen LogP contribution >= 0.6 is 0 Å². The van der Waals surface area contributed by atoms with E-state index in [2.05, 4.69) is 36.0 Å². The summed E-state index contributed by atoms with van der Waals surface area (Å²) in [7, 11) is 0.460. The van der Waals surface area contributed by atoms with Gasteiger partial charge in [0.15, 0.2) is 15.8 Å². The van der Waals surface area contributed by atoms with Gasteiger partial charge in [-0.3, -0.25) is 4.99 Å². The third-order valence-corrected chi connectivity index (χ3v) is 8.32. The Balaban J connectivity index is 2.08. The first kappa shape index (κ1) is 20.5. The van der Waals surface area contributed by atoms with Crippen LogP contribution in [0.1, 0.15) is 52.9 Å². The predicted molar refractivity (Wildman–Crippen MR) is 103 cm³/mol. The number of nitrogens with one attached hydrogen (secondary N) is 1. The molecule has 7 heteroatoms. The predicted octanol–water partition coefficient (Wildman–Crippen LogP) is 2.06. The van der Waals surface area contributed by atoms with Crippen LogP contribution in [0.4, 0.5) is 0 Å². The summed E-state index contributed by atoms with van der Waals surface area (Å²) in [6.45, 7) is 8.17. The zero-order valence-corrected chi connectivity index (χ0v) is 17.3. The molecule has 0 amide bonds. The molecule has 0 radical (unpaired) electrons. The SMILES string of the molecule is CN=C(NCC(OC)C(C)(C)C)N1CCS(=O)(=O)C2(CCCCC2)C1. The summed E-state index contributed by atoms with van der Waals surface area (Å²) in [5.74, 6) is 1.01. The maximum atomic E-state index is 12.8. The lowest BCUT2D eigenvalue weighted by Crippen LogP contribution is -2.60. The normalized spacial score (nSPS) is 25.0. The molecule has 0 aromatic carbocycles. The Hall–Kier alpha value is -0.820. The molecule has 25 heavy (non-hydrogen) atoms. The molecule has 1 aliphatic carbocycles. The molecule has 2 aliphatic rings. The molecule has 146 valence electrons.